The van der Waals surface area contributed by atoms with Gasteiger partial charge in [0.05, 0.1) is 6.61 Å². The molecule has 1 nitrogen and oxygen atoms in total. The molecule has 0 N–H and O–H groups in total. The molecule has 0 aliphatic carbocycles. The minimum Gasteiger partial charge on any atom is -0.479 e. The summed E-state index contributed by atoms with van der Waals surface area (Å²) >= 11 is 8.40. The molecule has 0 aromatic heterocycles. The SMILES string of the molecule is CCCCCOC(=S)S.[V]. The Hall–Kier alpha value is 0.824. The van der Waals surface area contributed by atoms with Gasteiger partial charge in [-0.1, -0.05) is 32.4 Å². The Kier molecular flexibility index (Phi) is 13.2. The van der Waals surface area contributed by atoms with Crippen molar-refractivity contribution in [3.05, 3.63) is 0 Å². The molecule has 0 aromatic carbocycles. The van der Waals surface area contributed by atoms with E-state index in [1.165, 1.54) is 12.8 Å². The van der Waals surface area contributed by atoms with E-state index >= 15 is 0 Å². The maximum absolute atomic E-state index is 4.94. The first kappa shape index (κ1) is 13.4. The van der Waals surface area contributed by atoms with Crippen LogP contribution >= 0.6 is 24.8 Å². The van der Waals surface area contributed by atoms with Crippen molar-refractivity contribution in [3.63, 3.8) is 0 Å². The van der Waals surface area contributed by atoms with Crippen LogP contribution < -0.4 is 0 Å². The molecule has 0 unspecified atom stereocenters. The number of ether oxygens (including phenoxy) is 1. The van der Waals surface area contributed by atoms with Crippen LogP contribution in [-0.2, 0) is 23.3 Å². The summed E-state index contributed by atoms with van der Waals surface area (Å²) in [5, 5.41) is 0. The summed E-state index contributed by atoms with van der Waals surface area (Å²) in [6.45, 7) is 2.87. The van der Waals surface area contributed by atoms with E-state index in [1.54, 1.807) is 0 Å². The smallest absolute Gasteiger partial charge is 0.216 e. The summed E-state index contributed by atoms with van der Waals surface area (Å²) in [5.74, 6) is 0. The second-order valence-corrected chi connectivity index (χ2v) is 2.90. The zero-order valence-corrected chi connectivity index (χ0v) is 9.15. The normalized spacial score (nSPS) is 8.20. The maximum atomic E-state index is 4.94. The molecule has 0 saturated carbocycles. The van der Waals surface area contributed by atoms with Crippen LogP contribution in [0.5, 0.6) is 0 Å². The van der Waals surface area contributed by atoms with Crippen LogP contribution in [0.15, 0.2) is 0 Å². The third-order valence-corrected chi connectivity index (χ3v) is 1.22. The van der Waals surface area contributed by atoms with Crippen LogP contribution in [0.1, 0.15) is 26.2 Å². The van der Waals surface area contributed by atoms with Crippen molar-refractivity contribution < 1.29 is 23.3 Å². The number of thiocarbonyl (C=S) groups is 1. The number of hydrogen-bond acceptors (Lipinski definition) is 2. The van der Waals surface area contributed by atoms with Crippen LogP contribution in [0.3, 0.4) is 0 Å². The topological polar surface area (TPSA) is 9.23 Å². The van der Waals surface area contributed by atoms with Crippen LogP contribution in [0.25, 0.3) is 0 Å². The van der Waals surface area contributed by atoms with E-state index in [0.29, 0.717) is 4.38 Å². The predicted octanol–water partition coefficient (Wildman–Crippen LogP) is 2.41. The summed E-state index contributed by atoms with van der Waals surface area (Å²) in [5.41, 5.74) is 0. The zero-order chi connectivity index (χ0) is 7.11. The van der Waals surface area contributed by atoms with E-state index in [1.807, 2.05) is 0 Å². The Morgan fingerprint density at radius 1 is 1.50 bits per heavy atom. The van der Waals surface area contributed by atoms with Crippen LogP contribution in [0.2, 0.25) is 0 Å². The van der Waals surface area contributed by atoms with Gasteiger partial charge in [0.25, 0.3) is 0 Å². The van der Waals surface area contributed by atoms with Gasteiger partial charge >= 0.3 is 0 Å². The van der Waals surface area contributed by atoms with E-state index in [-0.39, 0.29) is 18.6 Å². The van der Waals surface area contributed by atoms with E-state index in [2.05, 4.69) is 31.8 Å². The first-order valence-electron chi connectivity index (χ1n) is 3.13. The summed E-state index contributed by atoms with van der Waals surface area (Å²) < 4.78 is 5.29. The van der Waals surface area contributed by atoms with Gasteiger partial charge in [0.1, 0.15) is 0 Å². The molecule has 0 aliphatic rings. The van der Waals surface area contributed by atoms with E-state index in [4.69, 9.17) is 4.74 Å². The molecule has 0 aliphatic heterocycles. The Balaban J connectivity index is 0. The molecule has 1 radical (unpaired) electrons. The van der Waals surface area contributed by atoms with Crippen molar-refractivity contribution in [2.24, 2.45) is 0 Å². The molecule has 0 bridgehead atoms. The first-order valence-corrected chi connectivity index (χ1v) is 3.98. The fourth-order valence-corrected chi connectivity index (χ4v) is 0.686. The van der Waals surface area contributed by atoms with Crippen molar-refractivity contribution in [2.75, 3.05) is 6.61 Å². The zero-order valence-electron chi connectivity index (χ0n) is 6.04. The van der Waals surface area contributed by atoms with Crippen molar-refractivity contribution in [2.45, 2.75) is 26.2 Å². The molecule has 0 atom stereocenters. The molecule has 0 rings (SSSR count). The van der Waals surface area contributed by atoms with Crippen LogP contribution in [0.4, 0.5) is 0 Å². The van der Waals surface area contributed by atoms with Gasteiger partial charge in [-0.05, 0) is 18.6 Å². The predicted molar refractivity (Wildman–Crippen MR) is 47.1 cm³/mol. The number of hydrogen-bond donors (Lipinski definition) is 1. The molecule has 0 aromatic rings. The molecule has 0 saturated heterocycles. The van der Waals surface area contributed by atoms with E-state index < -0.39 is 0 Å². The average molecular weight is 215 g/mol. The van der Waals surface area contributed by atoms with E-state index in [9.17, 15) is 0 Å². The molecule has 0 spiro atoms. The number of thiol groups is 1. The molecule has 0 fully saturated rings. The molecular weight excluding hydrogens is 203 g/mol. The molecule has 0 heterocycles. The first-order chi connectivity index (χ1) is 4.27. The Morgan fingerprint density at radius 3 is 2.50 bits per heavy atom. The average Bonchev–Trinajstić information content (AvgIpc) is 1.80. The molecular formula is C6H12OS2V. The number of rotatable bonds is 4. The van der Waals surface area contributed by atoms with Crippen LogP contribution in [-0.4, -0.2) is 11.0 Å². The standard InChI is InChI=1S/C6H12OS2.V/c1-2-3-4-5-7-6(8)9;/h2-5H2,1H3,(H,8,9);. The van der Waals surface area contributed by atoms with Crippen molar-refractivity contribution in [3.8, 4) is 0 Å². The fourth-order valence-electron chi connectivity index (χ4n) is 0.512. The van der Waals surface area contributed by atoms with Gasteiger partial charge in [0.2, 0.25) is 4.38 Å². The summed E-state index contributed by atoms with van der Waals surface area (Å²) in [6, 6.07) is 0. The molecule has 4 heteroatoms. The second kappa shape index (κ2) is 9.82. The van der Waals surface area contributed by atoms with Gasteiger partial charge in [-0.2, -0.15) is 0 Å². The molecule has 0 amide bonds. The van der Waals surface area contributed by atoms with Crippen molar-refractivity contribution in [1.82, 2.24) is 0 Å². The van der Waals surface area contributed by atoms with Crippen molar-refractivity contribution >= 4 is 29.2 Å². The Morgan fingerprint density at radius 2 is 2.10 bits per heavy atom. The quantitative estimate of drug-likeness (QED) is 0.438. The summed E-state index contributed by atoms with van der Waals surface area (Å²) in [6.07, 6.45) is 3.50. The van der Waals surface area contributed by atoms with Crippen LogP contribution in [0, 0.1) is 0 Å². The van der Waals surface area contributed by atoms with Gasteiger partial charge in [0, 0.05) is 18.6 Å². The second-order valence-electron chi connectivity index (χ2n) is 1.82. The Labute approximate surface area is 85.2 Å². The van der Waals surface area contributed by atoms with Crippen molar-refractivity contribution in [1.29, 1.82) is 0 Å². The van der Waals surface area contributed by atoms with Gasteiger partial charge in [-0.3, -0.25) is 0 Å². The van der Waals surface area contributed by atoms with Gasteiger partial charge in [-0.25, -0.2) is 0 Å². The summed E-state index contributed by atoms with van der Waals surface area (Å²) in [7, 11) is 0. The van der Waals surface area contributed by atoms with Gasteiger partial charge in [0.15, 0.2) is 0 Å². The maximum Gasteiger partial charge on any atom is 0.216 e. The molecule has 59 valence electrons. The third kappa shape index (κ3) is 11.6. The third-order valence-electron chi connectivity index (χ3n) is 0.973. The minimum absolute atomic E-state index is 0. The summed E-state index contributed by atoms with van der Waals surface area (Å²) in [4.78, 5) is 0. The van der Waals surface area contributed by atoms with Gasteiger partial charge < -0.3 is 4.74 Å². The largest absolute Gasteiger partial charge is 0.479 e. The Bertz CT molecular complexity index is 87.8. The fraction of sp³-hybridized carbons (Fsp3) is 0.833. The van der Waals surface area contributed by atoms with Gasteiger partial charge in [-0.15, -0.1) is 0 Å². The van der Waals surface area contributed by atoms with E-state index in [0.717, 1.165) is 13.0 Å². The number of unbranched alkanes of at least 4 members (excludes halogenated alkanes) is 2. The monoisotopic (exact) mass is 215 g/mol. The minimum atomic E-state index is 0. The molecule has 10 heavy (non-hydrogen) atoms.